The third-order valence-corrected chi connectivity index (χ3v) is 9.01. The van der Waals surface area contributed by atoms with Crippen LogP contribution in [-0.2, 0) is 4.79 Å². The first-order valence-electron chi connectivity index (χ1n) is 13.7. The standard InChI is InChI=1S/C16H15F3N2O3.C12H17N3/c1-10(22)21-8-15(9-21)5-13(6-15)23-14-3-2-12(4-11(14)7-20)24-16(17,18)19;1-4-12(5-1)6-10(7-12)15-8-13-11(14-15)9-2-3-9/h2-4,13H,5-6,8-9H2,1H3;8-10H,1-7H2. The van der Waals surface area contributed by atoms with Crippen molar-refractivity contribution in [1.82, 2.24) is 19.7 Å². The van der Waals surface area contributed by atoms with Gasteiger partial charge in [-0.05, 0) is 68.9 Å². The molecule has 11 heteroatoms. The number of aromatic nitrogens is 3. The Morgan fingerprint density at radius 1 is 1.13 bits per heavy atom. The highest BCUT2D eigenvalue weighted by atomic mass is 19.4. The highest BCUT2D eigenvalue weighted by molar-refractivity contribution is 5.74. The number of amides is 1. The minimum absolute atomic E-state index is 0.00308. The lowest BCUT2D eigenvalue weighted by Gasteiger charge is -2.58. The number of benzene rings is 1. The maximum atomic E-state index is 12.2. The molecule has 7 rings (SSSR count). The van der Waals surface area contributed by atoms with Crippen LogP contribution in [0.25, 0.3) is 0 Å². The number of nitriles is 1. The van der Waals surface area contributed by atoms with Crippen LogP contribution >= 0.6 is 0 Å². The molecule has 1 saturated heterocycles. The maximum absolute atomic E-state index is 12.2. The van der Waals surface area contributed by atoms with Gasteiger partial charge in [0.25, 0.3) is 0 Å². The summed E-state index contributed by atoms with van der Waals surface area (Å²) in [5, 5.41) is 13.7. The SMILES string of the molecule is CC(=O)N1CC2(CC(Oc3ccc(OC(F)(F)F)cc3C#N)C2)C1.c1nc(C2CC2)nn1C1CC2(CCC2)C1. The zero-order valence-electron chi connectivity index (χ0n) is 21.9. The quantitative estimate of drug-likeness (QED) is 0.494. The summed E-state index contributed by atoms with van der Waals surface area (Å²) >= 11 is 0. The monoisotopic (exact) mass is 543 g/mol. The van der Waals surface area contributed by atoms with Gasteiger partial charge in [0.05, 0.1) is 11.6 Å². The van der Waals surface area contributed by atoms with Gasteiger partial charge in [0.1, 0.15) is 30.0 Å². The number of halogens is 3. The van der Waals surface area contributed by atoms with E-state index in [0.717, 1.165) is 36.2 Å². The minimum Gasteiger partial charge on any atom is -0.489 e. The van der Waals surface area contributed by atoms with Crippen LogP contribution in [0.3, 0.4) is 0 Å². The number of rotatable bonds is 5. The molecule has 1 aromatic heterocycles. The van der Waals surface area contributed by atoms with Gasteiger partial charge >= 0.3 is 6.36 Å². The van der Waals surface area contributed by atoms with Gasteiger partial charge in [0.15, 0.2) is 5.82 Å². The first-order valence-corrected chi connectivity index (χ1v) is 13.7. The van der Waals surface area contributed by atoms with Gasteiger partial charge in [-0.15, -0.1) is 13.2 Å². The average molecular weight is 544 g/mol. The molecule has 0 unspecified atom stereocenters. The van der Waals surface area contributed by atoms with Crippen molar-refractivity contribution in [3.05, 3.63) is 35.9 Å². The molecule has 0 atom stereocenters. The second-order valence-electron chi connectivity index (χ2n) is 12.1. The van der Waals surface area contributed by atoms with Gasteiger partial charge in [0, 0.05) is 37.4 Å². The molecule has 1 aromatic carbocycles. The van der Waals surface area contributed by atoms with Crippen LogP contribution in [0.1, 0.15) is 88.1 Å². The molecule has 0 radical (unpaired) electrons. The summed E-state index contributed by atoms with van der Waals surface area (Å²) in [6, 6.07) is 5.94. The van der Waals surface area contributed by atoms with Crippen molar-refractivity contribution in [3.8, 4) is 17.6 Å². The van der Waals surface area contributed by atoms with Crippen molar-refractivity contribution < 1.29 is 27.4 Å². The summed E-state index contributed by atoms with van der Waals surface area (Å²) in [6.45, 7) is 2.96. The Morgan fingerprint density at radius 2 is 1.85 bits per heavy atom. The Bertz CT molecular complexity index is 1270. The second-order valence-corrected chi connectivity index (χ2v) is 12.1. The lowest BCUT2D eigenvalue weighted by molar-refractivity contribution is -0.274. The number of nitrogens with zero attached hydrogens (tertiary/aromatic N) is 5. The maximum Gasteiger partial charge on any atom is 0.573 e. The van der Waals surface area contributed by atoms with E-state index in [-0.39, 0.29) is 28.7 Å². The number of alkyl halides is 3. The van der Waals surface area contributed by atoms with Crippen LogP contribution in [0.4, 0.5) is 13.2 Å². The third-order valence-electron chi connectivity index (χ3n) is 9.01. The molecule has 4 saturated carbocycles. The molecule has 4 aliphatic carbocycles. The summed E-state index contributed by atoms with van der Waals surface area (Å²) in [6.07, 6.45) is 8.31. The van der Waals surface area contributed by atoms with Crippen molar-refractivity contribution >= 4 is 5.91 Å². The van der Waals surface area contributed by atoms with Gasteiger partial charge in [-0.2, -0.15) is 10.4 Å². The highest BCUT2D eigenvalue weighted by Gasteiger charge is 2.54. The van der Waals surface area contributed by atoms with Crippen molar-refractivity contribution in [2.45, 2.75) is 89.1 Å². The van der Waals surface area contributed by atoms with Crippen molar-refractivity contribution in [1.29, 1.82) is 5.26 Å². The number of hydrogen-bond acceptors (Lipinski definition) is 6. The largest absolute Gasteiger partial charge is 0.573 e. The summed E-state index contributed by atoms with van der Waals surface area (Å²) in [4.78, 5) is 17.4. The van der Waals surface area contributed by atoms with E-state index in [1.165, 1.54) is 57.9 Å². The number of ether oxygens (including phenoxy) is 2. The van der Waals surface area contributed by atoms with Gasteiger partial charge in [-0.3, -0.25) is 4.79 Å². The van der Waals surface area contributed by atoms with E-state index in [1.54, 1.807) is 4.90 Å². The Kier molecular flexibility index (Phi) is 6.27. The second kappa shape index (κ2) is 9.42. The molecule has 0 bridgehead atoms. The number of likely N-dealkylation sites (tertiary alicyclic amines) is 1. The molecule has 2 spiro atoms. The van der Waals surface area contributed by atoms with Crippen LogP contribution in [0.5, 0.6) is 11.5 Å². The lowest BCUT2D eigenvalue weighted by Crippen LogP contribution is -2.65. The zero-order valence-corrected chi connectivity index (χ0v) is 21.9. The van der Waals surface area contributed by atoms with E-state index in [2.05, 4.69) is 19.5 Å². The van der Waals surface area contributed by atoms with E-state index in [4.69, 9.17) is 10.00 Å². The Balaban J connectivity index is 0.000000156. The number of carbonyl (C=O) groups is 1. The van der Waals surface area contributed by atoms with Crippen molar-refractivity contribution in [2.75, 3.05) is 13.1 Å². The number of carbonyl (C=O) groups excluding carboxylic acids is 1. The molecular formula is C28H32F3N5O3. The summed E-state index contributed by atoms with van der Waals surface area (Å²) in [5.41, 5.74) is 0.843. The predicted molar refractivity (Wildman–Crippen MR) is 133 cm³/mol. The van der Waals surface area contributed by atoms with Crippen molar-refractivity contribution in [2.24, 2.45) is 10.8 Å². The first-order chi connectivity index (χ1) is 18.5. The molecule has 8 nitrogen and oxygen atoms in total. The van der Waals surface area contributed by atoms with E-state index in [0.29, 0.717) is 25.0 Å². The molecule has 2 heterocycles. The molecule has 39 heavy (non-hydrogen) atoms. The van der Waals surface area contributed by atoms with Crippen molar-refractivity contribution in [3.63, 3.8) is 0 Å². The number of hydrogen-bond donors (Lipinski definition) is 0. The van der Waals surface area contributed by atoms with E-state index < -0.39 is 12.1 Å². The average Bonchev–Trinajstić information content (AvgIpc) is 3.50. The summed E-state index contributed by atoms with van der Waals surface area (Å²) in [5.74, 6) is 1.65. The van der Waals surface area contributed by atoms with Crippen LogP contribution < -0.4 is 9.47 Å². The molecular weight excluding hydrogens is 511 g/mol. The fourth-order valence-corrected chi connectivity index (χ4v) is 6.51. The third kappa shape index (κ3) is 5.43. The smallest absolute Gasteiger partial charge is 0.489 e. The predicted octanol–water partition coefficient (Wildman–Crippen LogP) is 5.51. The fourth-order valence-electron chi connectivity index (χ4n) is 6.51. The van der Waals surface area contributed by atoms with Crippen LogP contribution in [0.2, 0.25) is 0 Å². The fraction of sp³-hybridized carbons (Fsp3) is 0.643. The van der Waals surface area contributed by atoms with E-state index >= 15 is 0 Å². The molecule has 5 fully saturated rings. The topological polar surface area (TPSA) is 93.3 Å². The summed E-state index contributed by atoms with van der Waals surface area (Å²) < 4.78 is 48.3. The molecule has 2 aromatic rings. The Labute approximate surface area is 225 Å². The Hall–Kier alpha value is -3.29. The molecule has 1 amide bonds. The van der Waals surface area contributed by atoms with Gasteiger partial charge in [-0.25, -0.2) is 9.67 Å². The first kappa shape index (κ1) is 26.0. The van der Waals surface area contributed by atoms with Gasteiger partial charge in [0.2, 0.25) is 5.91 Å². The molecule has 208 valence electrons. The van der Waals surface area contributed by atoms with Crippen LogP contribution in [-0.4, -0.2) is 51.1 Å². The molecule has 0 N–H and O–H groups in total. The van der Waals surface area contributed by atoms with Gasteiger partial charge < -0.3 is 14.4 Å². The Morgan fingerprint density at radius 3 is 2.41 bits per heavy atom. The zero-order chi connectivity index (χ0) is 27.4. The van der Waals surface area contributed by atoms with Crippen LogP contribution in [0.15, 0.2) is 24.5 Å². The van der Waals surface area contributed by atoms with Crippen LogP contribution in [0, 0.1) is 22.2 Å². The highest BCUT2D eigenvalue weighted by Crippen LogP contribution is 2.60. The normalized spacial score (nSPS) is 24.3. The van der Waals surface area contributed by atoms with E-state index in [1.807, 2.05) is 12.4 Å². The lowest BCUT2D eigenvalue weighted by atomic mass is 9.54. The summed E-state index contributed by atoms with van der Waals surface area (Å²) in [7, 11) is 0. The molecule has 1 aliphatic heterocycles. The minimum atomic E-state index is -4.80. The van der Waals surface area contributed by atoms with E-state index in [9.17, 15) is 18.0 Å². The van der Waals surface area contributed by atoms with Gasteiger partial charge in [-0.1, -0.05) is 6.42 Å². The molecule has 5 aliphatic rings.